The van der Waals surface area contributed by atoms with Crippen molar-refractivity contribution in [2.75, 3.05) is 145 Å². The summed E-state index contributed by atoms with van der Waals surface area (Å²) in [6.07, 6.45) is 8.23. The average Bonchev–Trinajstić information content (AvgIpc) is 3.10. The molecule has 0 radical (unpaired) electrons. The number of ether oxygens (including phenoxy) is 12. The van der Waals surface area contributed by atoms with Gasteiger partial charge in [0.25, 0.3) is 0 Å². The lowest BCUT2D eigenvalue weighted by Crippen LogP contribution is -2.16. The molecule has 0 aromatic carbocycles. The molecule has 292 valence electrons. The molecule has 49 heavy (non-hydrogen) atoms. The Bertz CT molecular complexity index is 670. The highest BCUT2D eigenvalue weighted by molar-refractivity contribution is 5.69. The van der Waals surface area contributed by atoms with Crippen LogP contribution in [0.15, 0.2) is 0 Å². The quantitative estimate of drug-likeness (QED) is 0.0668. The minimum absolute atomic E-state index is 0.155. The van der Waals surface area contributed by atoms with Crippen LogP contribution in [0, 0.1) is 0 Å². The molecule has 0 amide bonds. The number of carbonyl (C=O) groups is 2. The van der Waals surface area contributed by atoms with Gasteiger partial charge in [0.2, 0.25) is 0 Å². The monoisotopic (exact) mass is 712 g/mol. The molecule has 14 heteroatoms. The van der Waals surface area contributed by atoms with E-state index in [0.717, 1.165) is 44.9 Å². The van der Waals surface area contributed by atoms with Crippen molar-refractivity contribution in [1.82, 2.24) is 0 Å². The molecule has 0 unspecified atom stereocenters. The molecule has 0 aromatic rings. The third kappa shape index (κ3) is 42.6. The number of rotatable bonds is 42. The fraction of sp³-hybridized carbons (Fsp3) is 0.943. The van der Waals surface area contributed by atoms with Crippen molar-refractivity contribution in [3.05, 3.63) is 0 Å². The molecule has 0 atom stereocenters. The molecular weight excluding hydrogens is 644 g/mol. The van der Waals surface area contributed by atoms with Gasteiger partial charge in [-0.2, -0.15) is 0 Å². The van der Waals surface area contributed by atoms with Gasteiger partial charge in [-0.25, -0.2) is 0 Å². The van der Waals surface area contributed by atoms with Crippen LogP contribution in [0.1, 0.15) is 71.6 Å². The highest BCUT2D eigenvalue weighted by atomic mass is 16.6. The number of unbranched alkanes of at least 4 members (excludes halogenated alkanes) is 5. The zero-order valence-electron chi connectivity index (χ0n) is 30.6. The SMILES string of the molecule is CCCCCCC(=O)OCCOCCOCCOCCOCCOCCOCCOCCOCCOCCOCCOC(=O)CCCCC. The molecule has 0 saturated heterocycles. The lowest BCUT2D eigenvalue weighted by Gasteiger charge is -2.09. The molecule has 0 fully saturated rings. The first-order valence-corrected chi connectivity index (χ1v) is 18.3. The first kappa shape index (κ1) is 47.5. The Morgan fingerprint density at radius 1 is 0.286 bits per heavy atom. The van der Waals surface area contributed by atoms with Crippen molar-refractivity contribution in [3.63, 3.8) is 0 Å². The lowest BCUT2D eigenvalue weighted by atomic mass is 10.2. The normalized spacial score (nSPS) is 11.3. The first-order valence-electron chi connectivity index (χ1n) is 18.3. The van der Waals surface area contributed by atoms with Gasteiger partial charge in [0.15, 0.2) is 0 Å². The van der Waals surface area contributed by atoms with Crippen LogP contribution in [0.4, 0.5) is 0 Å². The van der Waals surface area contributed by atoms with Gasteiger partial charge in [-0.05, 0) is 12.8 Å². The lowest BCUT2D eigenvalue weighted by molar-refractivity contribution is -0.146. The Hall–Kier alpha value is -1.46. The van der Waals surface area contributed by atoms with E-state index in [4.69, 9.17) is 56.8 Å². The van der Waals surface area contributed by atoms with E-state index in [-0.39, 0.29) is 25.2 Å². The van der Waals surface area contributed by atoms with Crippen molar-refractivity contribution < 1.29 is 66.4 Å². The molecule has 0 aliphatic heterocycles. The van der Waals surface area contributed by atoms with Crippen LogP contribution in [0.3, 0.4) is 0 Å². The van der Waals surface area contributed by atoms with Gasteiger partial charge in [0, 0.05) is 12.8 Å². The molecule has 14 nitrogen and oxygen atoms in total. The number of esters is 2. The molecule has 0 aliphatic rings. The number of hydrogen-bond acceptors (Lipinski definition) is 14. The van der Waals surface area contributed by atoms with E-state index in [0.29, 0.717) is 145 Å². The summed E-state index contributed by atoms with van der Waals surface area (Å²) in [5, 5.41) is 0. The zero-order chi connectivity index (χ0) is 35.6. The van der Waals surface area contributed by atoms with Crippen molar-refractivity contribution in [1.29, 1.82) is 0 Å². The summed E-state index contributed by atoms with van der Waals surface area (Å²) >= 11 is 0. The molecular formula is C35H68O14. The Balaban J connectivity index is 3.11. The van der Waals surface area contributed by atoms with E-state index < -0.39 is 0 Å². The number of hydrogen-bond donors (Lipinski definition) is 0. The summed E-state index contributed by atoms with van der Waals surface area (Å²) < 4.78 is 64.7. The van der Waals surface area contributed by atoms with E-state index >= 15 is 0 Å². The second kappa shape index (κ2) is 42.7. The van der Waals surface area contributed by atoms with Crippen LogP contribution in [-0.4, -0.2) is 157 Å². The summed E-state index contributed by atoms with van der Waals surface area (Å²) in [4.78, 5) is 23.0. The smallest absolute Gasteiger partial charge is 0.305 e. The first-order chi connectivity index (χ1) is 24.2. The molecule has 0 aliphatic carbocycles. The van der Waals surface area contributed by atoms with Crippen molar-refractivity contribution >= 4 is 11.9 Å². The van der Waals surface area contributed by atoms with Gasteiger partial charge in [-0.15, -0.1) is 0 Å². The Morgan fingerprint density at radius 2 is 0.490 bits per heavy atom. The zero-order valence-corrected chi connectivity index (χ0v) is 30.6. The second-order valence-electron chi connectivity index (χ2n) is 10.8. The summed E-state index contributed by atoms with van der Waals surface area (Å²) in [5.41, 5.74) is 0. The average molecular weight is 713 g/mol. The van der Waals surface area contributed by atoms with Crippen molar-refractivity contribution in [2.24, 2.45) is 0 Å². The summed E-state index contributed by atoms with van der Waals surface area (Å²) in [6, 6.07) is 0. The van der Waals surface area contributed by atoms with Crippen LogP contribution in [0.5, 0.6) is 0 Å². The predicted molar refractivity (Wildman–Crippen MR) is 183 cm³/mol. The van der Waals surface area contributed by atoms with E-state index in [2.05, 4.69) is 13.8 Å². The minimum atomic E-state index is -0.162. The van der Waals surface area contributed by atoms with Crippen molar-refractivity contribution in [3.8, 4) is 0 Å². The number of carbonyl (C=O) groups excluding carboxylic acids is 2. The van der Waals surface area contributed by atoms with Crippen LogP contribution in [-0.2, 0) is 66.4 Å². The van der Waals surface area contributed by atoms with Gasteiger partial charge in [0.05, 0.1) is 132 Å². The molecule has 0 bridgehead atoms. The molecule has 0 spiro atoms. The van der Waals surface area contributed by atoms with Crippen LogP contribution in [0.25, 0.3) is 0 Å². The van der Waals surface area contributed by atoms with Crippen LogP contribution in [0.2, 0.25) is 0 Å². The fourth-order valence-corrected chi connectivity index (χ4v) is 3.87. The van der Waals surface area contributed by atoms with Gasteiger partial charge >= 0.3 is 11.9 Å². The van der Waals surface area contributed by atoms with E-state index in [1.165, 1.54) is 0 Å². The summed E-state index contributed by atoms with van der Waals surface area (Å²) in [5.74, 6) is -0.317. The van der Waals surface area contributed by atoms with Gasteiger partial charge in [-0.3, -0.25) is 9.59 Å². The summed E-state index contributed by atoms with van der Waals surface area (Å²) in [6.45, 7) is 14.2. The molecule has 0 heterocycles. The van der Waals surface area contributed by atoms with Gasteiger partial charge in [0.1, 0.15) is 13.2 Å². The highest BCUT2D eigenvalue weighted by Crippen LogP contribution is 2.03. The standard InChI is InChI=1S/C35H68O14/c1-3-5-7-9-11-35(37)49-33-31-47-29-27-45-25-23-43-21-19-41-17-15-39-13-12-38-14-16-40-18-20-42-22-24-44-26-28-46-30-32-48-34(36)10-8-6-4-2/h3-33H2,1-2H3. The predicted octanol–water partition coefficient (Wildman–Crippen LogP) is 3.79. The Morgan fingerprint density at radius 3 is 0.735 bits per heavy atom. The van der Waals surface area contributed by atoms with Gasteiger partial charge < -0.3 is 56.8 Å². The van der Waals surface area contributed by atoms with Crippen LogP contribution < -0.4 is 0 Å². The van der Waals surface area contributed by atoms with E-state index in [1.54, 1.807) is 0 Å². The third-order valence-corrected chi connectivity index (χ3v) is 6.55. The maximum atomic E-state index is 11.5. The topological polar surface area (TPSA) is 145 Å². The maximum absolute atomic E-state index is 11.5. The molecule has 0 rings (SSSR count). The minimum Gasteiger partial charge on any atom is -0.463 e. The third-order valence-electron chi connectivity index (χ3n) is 6.55. The largest absolute Gasteiger partial charge is 0.463 e. The van der Waals surface area contributed by atoms with Crippen molar-refractivity contribution in [2.45, 2.75) is 71.6 Å². The fourth-order valence-electron chi connectivity index (χ4n) is 3.87. The van der Waals surface area contributed by atoms with Gasteiger partial charge in [-0.1, -0.05) is 46.0 Å². The maximum Gasteiger partial charge on any atom is 0.305 e. The van der Waals surface area contributed by atoms with Crippen LogP contribution >= 0.6 is 0 Å². The highest BCUT2D eigenvalue weighted by Gasteiger charge is 2.03. The Kier molecular flexibility index (Phi) is 41.4. The Labute approximate surface area is 295 Å². The molecule has 0 aromatic heterocycles. The van der Waals surface area contributed by atoms with E-state index in [1.807, 2.05) is 0 Å². The second-order valence-corrected chi connectivity index (χ2v) is 10.8. The molecule has 0 saturated carbocycles. The molecule has 0 N–H and O–H groups in total. The summed E-state index contributed by atoms with van der Waals surface area (Å²) in [7, 11) is 0. The van der Waals surface area contributed by atoms with E-state index in [9.17, 15) is 9.59 Å².